The molecule has 4 aromatic heterocycles. The molecule has 5 aromatic rings. The number of imidazole rings is 2. The molecule has 6 heteroatoms. The number of aromatic nitrogens is 6. The molecule has 0 aliphatic carbocycles. The van der Waals surface area contributed by atoms with Gasteiger partial charge in [-0.3, -0.25) is 9.97 Å². The van der Waals surface area contributed by atoms with Gasteiger partial charge in [-0.15, -0.1) is 0 Å². The van der Waals surface area contributed by atoms with E-state index in [1.54, 1.807) is 18.3 Å². The zero-order chi connectivity index (χ0) is 22.2. The first kappa shape index (κ1) is 19.6. The number of hydrogen-bond acceptors (Lipinski definition) is 4. The first-order valence-corrected chi connectivity index (χ1v) is 10.3. The Hall–Kier alpha value is -4.32. The number of pyridine rings is 2. The molecule has 0 fully saturated rings. The summed E-state index contributed by atoms with van der Waals surface area (Å²) in [5.41, 5.74) is 7.39. The number of rotatable bonds is 5. The van der Waals surface area contributed by atoms with Crippen molar-refractivity contribution in [3.05, 3.63) is 85.5 Å². The first-order chi connectivity index (χ1) is 15.6. The minimum absolute atomic E-state index is 0.765. The maximum absolute atomic E-state index is 4.78. The molecule has 0 saturated carbocycles. The third-order valence-corrected chi connectivity index (χ3v) is 5.65. The Bertz CT molecular complexity index is 1490. The summed E-state index contributed by atoms with van der Waals surface area (Å²) in [6, 6.07) is 16.2. The lowest BCUT2D eigenvalue weighted by atomic mass is 10.1. The van der Waals surface area contributed by atoms with Gasteiger partial charge >= 0.3 is 0 Å². The van der Waals surface area contributed by atoms with Crippen molar-refractivity contribution < 1.29 is 0 Å². The van der Waals surface area contributed by atoms with Crippen molar-refractivity contribution in [3.63, 3.8) is 0 Å². The van der Waals surface area contributed by atoms with Crippen LogP contribution in [0.4, 0.5) is 0 Å². The predicted molar refractivity (Wildman–Crippen MR) is 130 cm³/mol. The first-order valence-electron chi connectivity index (χ1n) is 10.3. The van der Waals surface area contributed by atoms with E-state index in [-0.39, 0.29) is 0 Å². The van der Waals surface area contributed by atoms with Gasteiger partial charge < -0.3 is 9.13 Å². The van der Waals surface area contributed by atoms with Crippen LogP contribution in [0.2, 0.25) is 0 Å². The molecular weight excluding hydrogens is 396 g/mol. The van der Waals surface area contributed by atoms with Gasteiger partial charge in [0, 0.05) is 26.5 Å². The lowest BCUT2D eigenvalue weighted by molar-refractivity contribution is 0.907. The largest absolute Gasteiger partial charge is 0.326 e. The fourth-order valence-electron chi connectivity index (χ4n) is 3.99. The van der Waals surface area contributed by atoms with Crippen LogP contribution >= 0.6 is 0 Å². The van der Waals surface area contributed by atoms with Crippen molar-refractivity contribution in [1.29, 1.82) is 0 Å². The zero-order valence-corrected chi connectivity index (χ0v) is 18.0. The lowest BCUT2D eigenvalue weighted by Gasteiger charge is -2.08. The minimum atomic E-state index is 0.765. The second kappa shape index (κ2) is 7.74. The molecule has 0 saturated heterocycles. The Balaban J connectivity index is 1.59. The molecule has 0 N–H and O–H groups in total. The molecule has 0 spiro atoms. The van der Waals surface area contributed by atoms with Gasteiger partial charge in [-0.1, -0.05) is 25.3 Å². The molecular formula is C26H22N6. The molecule has 0 aliphatic rings. The smallest absolute Gasteiger partial charge is 0.159 e. The van der Waals surface area contributed by atoms with Gasteiger partial charge in [0.15, 0.2) is 11.6 Å². The summed E-state index contributed by atoms with van der Waals surface area (Å²) in [4.78, 5) is 18.6. The normalized spacial score (nSPS) is 11.1. The molecule has 0 radical (unpaired) electrons. The van der Waals surface area contributed by atoms with Gasteiger partial charge in [-0.2, -0.15) is 0 Å². The molecule has 4 heterocycles. The molecule has 0 aliphatic heterocycles. The van der Waals surface area contributed by atoms with Gasteiger partial charge in [0.25, 0.3) is 0 Å². The fraction of sp³-hybridized carbons (Fsp3) is 0.0769. The molecule has 6 nitrogen and oxygen atoms in total. The Morgan fingerprint density at radius 2 is 1.38 bits per heavy atom. The van der Waals surface area contributed by atoms with E-state index in [0.29, 0.717) is 0 Å². The molecule has 0 bridgehead atoms. The average Bonchev–Trinajstić information content (AvgIpc) is 3.35. The highest BCUT2D eigenvalue weighted by Crippen LogP contribution is 2.29. The summed E-state index contributed by atoms with van der Waals surface area (Å²) in [6.45, 7) is 7.75. The van der Waals surface area contributed by atoms with Gasteiger partial charge in [0.05, 0.1) is 22.4 Å². The minimum Gasteiger partial charge on any atom is -0.326 e. The number of para-hydroxylation sites is 2. The highest BCUT2D eigenvalue weighted by molar-refractivity contribution is 5.81. The summed E-state index contributed by atoms with van der Waals surface area (Å²) >= 11 is 0. The number of aryl methyl sites for hydroxylation is 1. The number of benzene rings is 1. The van der Waals surface area contributed by atoms with Gasteiger partial charge in [-0.25, -0.2) is 9.97 Å². The second-order valence-corrected chi connectivity index (χ2v) is 7.52. The van der Waals surface area contributed by atoms with Crippen LogP contribution in [0.15, 0.2) is 74.1 Å². The second-order valence-electron chi connectivity index (χ2n) is 7.52. The van der Waals surface area contributed by atoms with Crippen LogP contribution in [-0.2, 0) is 14.1 Å². The van der Waals surface area contributed by atoms with Gasteiger partial charge in [0.2, 0.25) is 0 Å². The highest BCUT2D eigenvalue weighted by atomic mass is 15.1. The van der Waals surface area contributed by atoms with E-state index in [2.05, 4.69) is 39.8 Å². The van der Waals surface area contributed by atoms with Crippen LogP contribution in [0.3, 0.4) is 0 Å². The number of hydrogen-bond donors (Lipinski definition) is 0. The zero-order valence-electron chi connectivity index (χ0n) is 18.0. The Morgan fingerprint density at radius 3 is 1.94 bits per heavy atom. The molecule has 0 unspecified atom stereocenters. The van der Waals surface area contributed by atoms with E-state index in [9.17, 15) is 0 Å². The maximum Gasteiger partial charge on any atom is 0.159 e. The van der Waals surface area contributed by atoms with E-state index >= 15 is 0 Å². The molecule has 1 aromatic carbocycles. The Labute approximate surface area is 186 Å². The third-order valence-electron chi connectivity index (χ3n) is 5.65. The van der Waals surface area contributed by atoms with Crippen LogP contribution in [-0.4, -0.2) is 29.1 Å². The fourth-order valence-corrected chi connectivity index (χ4v) is 3.99. The summed E-state index contributed by atoms with van der Waals surface area (Å²) in [6.07, 6.45) is 7.13. The van der Waals surface area contributed by atoms with E-state index in [4.69, 9.17) is 9.97 Å². The van der Waals surface area contributed by atoms with Crippen LogP contribution < -0.4 is 0 Å². The van der Waals surface area contributed by atoms with Crippen molar-refractivity contribution in [2.45, 2.75) is 0 Å². The highest BCUT2D eigenvalue weighted by Gasteiger charge is 2.15. The van der Waals surface area contributed by atoms with Crippen molar-refractivity contribution in [2.24, 2.45) is 14.1 Å². The predicted octanol–water partition coefficient (Wildman–Crippen LogP) is 5.38. The topological polar surface area (TPSA) is 61.4 Å². The van der Waals surface area contributed by atoms with E-state index in [1.165, 1.54) is 0 Å². The average molecular weight is 419 g/mol. The standard InChI is InChI=1S/C26H22N6/c1-5-19-23(6-2)31(3)25(29-19)21-15-17(11-13-27-21)18-12-14-28-22(16-18)26-30-20-9-7-8-10-24(20)32(26)4/h5-16H,1-2H2,3-4H3. The summed E-state index contributed by atoms with van der Waals surface area (Å²) < 4.78 is 4.05. The van der Waals surface area contributed by atoms with Crippen LogP contribution in [0.1, 0.15) is 11.4 Å². The summed E-state index contributed by atoms with van der Waals surface area (Å²) in [5.74, 6) is 1.60. The van der Waals surface area contributed by atoms with Gasteiger partial charge in [0.1, 0.15) is 11.4 Å². The van der Waals surface area contributed by atoms with E-state index in [0.717, 1.165) is 56.6 Å². The van der Waals surface area contributed by atoms with Crippen molar-refractivity contribution >= 4 is 23.2 Å². The molecule has 0 atom stereocenters. The molecule has 5 rings (SSSR count). The Morgan fingerprint density at radius 1 is 0.750 bits per heavy atom. The third kappa shape index (κ3) is 3.13. The maximum atomic E-state index is 4.78. The van der Waals surface area contributed by atoms with E-state index < -0.39 is 0 Å². The molecule has 156 valence electrons. The van der Waals surface area contributed by atoms with Gasteiger partial charge in [-0.05, 0) is 59.7 Å². The molecule has 32 heavy (non-hydrogen) atoms. The SMILES string of the molecule is C=Cc1nc(-c2cc(-c3ccnc(-c4nc5ccccc5n4C)c3)ccn2)n(C)c1C=C. The van der Waals surface area contributed by atoms with E-state index in [1.807, 2.05) is 61.3 Å². The summed E-state index contributed by atoms with van der Waals surface area (Å²) in [5, 5.41) is 0. The Kier molecular flexibility index (Phi) is 4.75. The monoisotopic (exact) mass is 418 g/mol. The van der Waals surface area contributed by atoms with Crippen LogP contribution in [0.5, 0.6) is 0 Å². The van der Waals surface area contributed by atoms with Crippen LogP contribution in [0, 0.1) is 0 Å². The van der Waals surface area contributed by atoms with Crippen molar-refractivity contribution in [1.82, 2.24) is 29.1 Å². The summed E-state index contributed by atoms with van der Waals surface area (Å²) in [7, 11) is 3.97. The quantitative estimate of drug-likeness (QED) is 0.384. The van der Waals surface area contributed by atoms with Crippen molar-refractivity contribution in [3.8, 4) is 34.2 Å². The molecule has 0 amide bonds. The number of nitrogens with zero attached hydrogens (tertiary/aromatic N) is 6. The number of fused-ring (bicyclic) bond motifs is 1. The van der Waals surface area contributed by atoms with Crippen LogP contribution in [0.25, 0.3) is 57.3 Å². The lowest BCUT2D eigenvalue weighted by Crippen LogP contribution is -1.97. The van der Waals surface area contributed by atoms with Crippen molar-refractivity contribution in [2.75, 3.05) is 0 Å².